The number of sulfonamides is 1. The van der Waals surface area contributed by atoms with Crippen LogP contribution in [0.25, 0.3) is 0 Å². The second kappa shape index (κ2) is 8.41. The van der Waals surface area contributed by atoms with Gasteiger partial charge < -0.3 is 9.84 Å². The van der Waals surface area contributed by atoms with Crippen molar-refractivity contribution in [2.45, 2.75) is 10.5 Å². The minimum absolute atomic E-state index is 0.0155. The molecule has 0 bridgehead atoms. The Labute approximate surface area is 170 Å². The highest BCUT2D eigenvalue weighted by Crippen LogP contribution is 2.34. The molecule has 2 heterocycles. The zero-order chi connectivity index (χ0) is 20.2. The largest absolute Gasteiger partial charge is 0.453 e. The minimum Gasteiger partial charge on any atom is -0.453 e. The minimum atomic E-state index is -3.87. The van der Waals surface area contributed by atoms with Crippen molar-refractivity contribution in [3.63, 3.8) is 0 Å². The number of amides is 1. The van der Waals surface area contributed by atoms with Crippen LogP contribution in [0.2, 0.25) is 0 Å². The molecule has 10 heteroatoms. The van der Waals surface area contributed by atoms with E-state index in [4.69, 9.17) is 0 Å². The van der Waals surface area contributed by atoms with Gasteiger partial charge in [0.25, 0.3) is 0 Å². The third-order valence-corrected chi connectivity index (χ3v) is 7.16. The summed E-state index contributed by atoms with van der Waals surface area (Å²) in [6.07, 6.45) is -0.648. The zero-order valence-corrected chi connectivity index (χ0v) is 17.2. The van der Waals surface area contributed by atoms with Crippen LogP contribution in [-0.4, -0.2) is 33.3 Å². The van der Waals surface area contributed by atoms with E-state index < -0.39 is 21.7 Å². The molecule has 1 unspecified atom stereocenters. The van der Waals surface area contributed by atoms with Crippen LogP contribution in [0.5, 0.6) is 0 Å². The summed E-state index contributed by atoms with van der Waals surface area (Å²) in [7, 11) is -2.64. The summed E-state index contributed by atoms with van der Waals surface area (Å²) in [6, 6.07) is 11.0. The van der Waals surface area contributed by atoms with Crippen molar-refractivity contribution in [2.75, 3.05) is 19.0 Å². The Morgan fingerprint density at radius 2 is 1.93 bits per heavy atom. The Hall–Kier alpha value is -2.24. The van der Waals surface area contributed by atoms with Gasteiger partial charge in [0.2, 0.25) is 10.0 Å². The number of benzene rings is 1. The smallest absolute Gasteiger partial charge is 0.411 e. The summed E-state index contributed by atoms with van der Waals surface area (Å²) in [5, 5.41) is 19.1. The van der Waals surface area contributed by atoms with Crippen LogP contribution in [0.3, 0.4) is 0 Å². The molecule has 3 N–H and O–H groups in total. The molecule has 0 saturated heterocycles. The van der Waals surface area contributed by atoms with E-state index in [1.807, 2.05) is 10.8 Å². The van der Waals surface area contributed by atoms with Gasteiger partial charge in [0.05, 0.1) is 12.0 Å². The molecule has 7 nitrogen and oxygen atoms in total. The molecule has 1 aromatic carbocycles. The van der Waals surface area contributed by atoms with Crippen LogP contribution in [0, 0.1) is 0 Å². The molecular formula is C18H18N2O5S3. The topological polar surface area (TPSA) is 105 Å². The number of carbonyl (C=O) groups excluding carboxylic acids is 1. The fraction of sp³-hybridized carbons (Fsp3) is 0.167. The Balaban J connectivity index is 1.79. The fourth-order valence-electron chi connectivity index (χ4n) is 2.51. The molecule has 0 aliphatic carbocycles. The highest BCUT2D eigenvalue weighted by Gasteiger charge is 2.34. The number of aliphatic hydroxyl groups is 1. The molecule has 0 fully saturated rings. The average molecular weight is 439 g/mol. The van der Waals surface area contributed by atoms with Gasteiger partial charge in [-0.1, -0.05) is 6.07 Å². The zero-order valence-electron chi connectivity index (χ0n) is 14.8. The predicted molar refractivity (Wildman–Crippen MR) is 109 cm³/mol. The van der Waals surface area contributed by atoms with E-state index in [2.05, 4.69) is 14.8 Å². The quantitative estimate of drug-likeness (QED) is 0.525. The molecule has 0 spiro atoms. The second-order valence-corrected chi connectivity index (χ2v) is 9.31. The van der Waals surface area contributed by atoms with Crippen LogP contribution in [0.1, 0.15) is 10.4 Å². The number of nitrogens with one attached hydrogen (secondary N) is 2. The monoisotopic (exact) mass is 438 g/mol. The van der Waals surface area contributed by atoms with E-state index in [-0.39, 0.29) is 11.4 Å². The highest BCUT2D eigenvalue weighted by atomic mass is 32.2. The lowest BCUT2D eigenvalue weighted by Crippen LogP contribution is -2.40. The van der Waals surface area contributed by atoms with Crippen molar-refractivity contribution in [1.29, 1.82) is 0 Å². The lowest BCUT2D eigenvalue weighted by molar-refractivity contribution is 0.0903. The maximum atomic E-state index is 12.7. The van der Waals surface area contributed by atoms with Gasteiger partial charge in [-0.15, -0.1) is 11.3 Å². The van der Waals surface area contributed by atoms with Crippen LogP contribution in [0.4, 0.5) is 10.5 Å². The van der Waals surface area contributed by atoms with Crippen LogP contribution >= 0.6 is 22.7 Å². The molecule has 3 rings (SSSR count). The summed E-state index contributed by atoms with van der Waals surface area (Å²) in [6.45, 7) is -0.214. The van der Waals surface area contributed by atoms with E-state index in [9.17, 15) is 18.3 Å². The first-order valence-corrected chi connectivity index (χ1v) is 11.4. The van der Waals surface area contributed by atoms with Crippen molar-refractivity contribution in [1.82, 2.24) is 4.72 Å². The molecule has 1 atom stereocenters. The highest BCUT2D eigenvalue weighted by molar-refractivity contribution is 7.89. The lowest BCUT2D eigenvalue weighted by atomic mass is 9.95. The Bertz CT molecular complexity index is 980. The molecule has 28 heavy (non-hydrogen) atoms. The number of ether oxygens (including phenoxy) is 1. The molecule has 1 amide bonds. The van der Waals surface area contributed by atoms with Gasteiger partial charge in [-0.25, -0.2) is 17.9 Å². The van der Waals surface area contributed by atoms with E-state index in [0.29, 0.717) is 16.1 Å². The van der Waals surface area contributed by atoms with Gasteiger partial charge in [0.15, 0.2) is 0 Å². The number of rotatable bonds is 7. The molecule has 0 aliphatic heterocycles. The molecule has 0 radical (unpaired) electrons. The van der Waals surface area contributed by atoms with Crippen molar-refractivity contribution in [2.24, 2.45) is 0 Å². The number of hydrogen-bond donors (Lipinski definition) is 3. The first kappa shape index (κ1) is 20.5. The number of thiophene rings is 2. The first-order chi connectivity index (χ1) is 13.3. The summed E-state index contributed by atoms with van der Waals surface area (Å²) in [5.41, 5.74) is -0.437. The standard InChI is InChI=1S/C18H18N2O5S3/c1-25-17(21)20-14-4-6-15(7-5-14)28(23,24)19-12-18(22,13-8-10-26-11-13)16-3-2-9-27-16/h2-11,19,22H,12H2,1H3,(H,20,21). The van der Waals surface area contributed by atoms with Crippen LogP contribution in [0.15, 0.2) is 63.5 Å². The van der Waals surface area contributed by atoms with E-state index in [1.165, 1.54) is 54.0 Å². The predicted octanol–water partition coefficient (Wildman–Crippen LogP) is 3.20. The summed E-state index contributed by atoms with van der Waals surface area (Å²) in [5.74, 6) is 0. The summed E-state index contributed by atoms with van der Waals surface area (Å²) in [4.78, 5) is 11.9. The van der Waals surface area contributed by atoms with E-state index in [0.717, 1.165) is 0 Å². The Morgan fingerprint density at radius 1 is 1.18 bits per heavy atom. The van der Waals surface area contributed by atoms with Crippen molar-refractivity contribution in [3.8, 4) is 0 Å². The number of carbonyl (C=O) groups is 1. The average Bonchev–Trinajstić information content (AvgIpc) is 3.41. The van der Waals surface area contributed by atoms with E-state index >= 15 is 0 Å². The summed E-state index contributed by atoms with van der Waals surface area (Å²) >= 11 is 2.78. The number of anilines is 1. The third kappa shape index (κ3) is 4.42. The molecule has 2 aromatic heterocycles. The normalized spacial score (nSPS) is 13.6. The molecule has 148 valence electrons. The van der Waals surface area contributed by atoms with Gasteiger partial charge in [-0.2, -0.15) is 11.3 Å². The van der Waals surface area contributed by atoms with Gasteiger partial charge in [-0.05, 0) is 52.5 Å². The summed E-state index contributed by atoms with van der Waals surface area (Å²) < 4.78 is 32.3. The lowest BCUT2D eigenvalue weighted by Gasteiger charge is -2.27. The Kier molecular flexibility index (Phi) is 6.16. The maximum Gasteiger partial charge on any atom is 0.411 e. The maximum absolute atomic E-state index is 12.7. The van der Waals surface area contributed by atoms with Gasteiger partial charge >= 0.3 is 6.09 Å². The third-order valence-electron chi connectivity index (χ3n) is 4.04. The second-order valence-electron chi connectivity index (χ2n) is 5.82. The Morgan fingerprint density at radius 3 is 2.50 bits per heavy atom. The van der Waals surface area contributed by atoms with Crippen molar-refractivity contribution in [3.05, 3.63) is 69.0 Å². The van der Waals surface area contributed by atoms with Gasteiger partial charge in [0.1, 0.15) is 5.60 Å². The first-order valence-electron chi connectivity index (χ1n) is 8.09. The van der Waals surface area contributed by atoms with Crippen molar-refractivity contribution < 1.29 is 23.1 Å². The molecular weight excluding hydrogens is 420 g/mol. The van der Waals surface area contributed by atoms with Crippen LogP contribution < -0.4 is 10.0 Å². The van der Waals surface area contributed by atoms with Crippen LogP contribution in [-0.2, 0) is 20.4 Å². The van der Waals surface area contributed by atoms with E-state index in [1.54, 1.807) is 23.6 Å². The molecule has 0 saturated carbocycles. The molecule has 0 aliphatic rings. The van der Waals surface area contributed by atoms with Gasteiger partial charge in [0, 0.05) is 22.7 Å². The molecule has 3 aromatic rings. The fourth-order valence-corrected chi connectivity index (χ4v) is 5.14. The van der Waals surface area contributed by atoms with Gasteiger partial charge in [-0.3, -0.25) is 5.32 Å². The number of hydrogen-bond acceptors (Lipinski definition) is 7. The SMILES string of the molecule is COC(=O)Nc1ccc(S(=O)(=O)NCC(O)(c2ccsc2)c2cccs2)cc1. The van der Waals surface area contributed by atoms with Crippen molar-refractivity contribution >= 4 is 44.5 Å². The number of methoxy groups -OCH3 is 1.